The van der Waals surface area contributed by atoms with Crippen molar-refractivity contribution >= 4 is 21.7 Å². The van der Waals surface area contributed by atoms with Crippen LogP contribution in [0.2, 0.25) is 0 Å². The number of benzene rings is 5. The van der Waals surface area contributed by atoms with Crippen LogP contribution in [0.1, 0.15) is 0 Å². The molecule has 0 aliphatic carbocycles. The molecule has 0 saturated carbocycles. The molecular formula is C35H25NO. The Bertz CT molecular complexity index is 1870. The normalized spacial score (nSPS) is 11.4. The number of hydrogen-bond acceptors (Lipinski definition) is 1. The zero-order valence-electron chi connectivity index (χ0n) is 20.6. The number of para-hydroxylation sites is 1. The fraction of sp³-hybridized carbons (Fsp3) is 0.0286. The summed E-state index contributed by atoms with van der Waals surface area (Å²) in [5.41, 5.74) is 8.07. The molecule has 2 aromatic heterocycles. The van der Waals surface area contributed by atoms with Crippen molar-refractivity contribution in [1.29, 1.82) is 0 Å². The number of nitrogens with zero attached hydrogens (tertiary/aromatic N) is 1. The molecule has 176 valence electrons. The minimum Gasteiger partial charge on any atom is -0.455 e. The van der Waals surface area contributed by atoms with Crippen LogP contribution in [0.4, 0.5) is 0 Å². The summed E-state index contributed by atoms with van der Waals surface area (Å²) < 4.78 is 9.26. The topological polar surface area (TPSA) is 18.1 Å². The lowest BCUT2D eigenvalue weighted by atomic mass is 9.96. The Labute approximate surface area is 216 Å². The highest BCUT2D eigenvalue weighted by atomic mass is 16.3. The van der Waals surface area contributed by atoms with Gasteiger partial charge in [0.2, 0.25) is 0 Å². The highest BCUT2D eigenvalue weighted by Crippen LogP contribution is 2.47. The Balaban J connectivity index is 1.57. The maximum Gasteiger partial charge on any atom is 0.145 e. The fourth-order valence-corrected chi connectivity index (χ4v) is 5.58. The second-order valence-corrected chi connectivity index (χ2v) is 9.38. The van der Waals surface area contributed by atoms with E-state index in [2.05, 4.69) is 145 Å². The summed E-state index contributed by atoms with van der Waals surface area (Å²) in [5.74, 6) is 1.81. The molecule has 2 nitrogen and oxygen atoms in total. The predicted octanol–water partition coefficient (Wildman–Crippen LogP) is 9.59. The average Bonchev–Trinajstić information content (AvgIpc) is 3.49. The van der Waals surface area contributed by atoms with Gasteiger partial charge >= 0.3 is 0 Å². The molecule has 7 aromatic rings. The summed E-state index contributed by atoms with van der Waals surface area (Å²) >= 11 is 0. The lowest BCUT2D eigenvalue weighted by molar-refractivity contribution is 0.603. The van der Waals surface area contributed by atoms with Gasteiger partial charge in [0.25, 0.3) is 0 Å². The Morgan fingerprint density at radius 2 is 0.973 bits per heavy atom. The first-order chi connectivity index (χ1) is 18.3. The van der Waals surface area contributed by atoms with Crippen molar-refractivity contribution in [2.45, 2.75) is 0 Å². The smallest absolute Gasteiger partial charge is 0.145 e. The molecule has 0 spiro atoms. The van der Waals surface area contributed by atoms with Gasteiger partial charge in [0, 0.05) is 34.3 Å². The van der Waals surface area contributed by atoms with Crippen LogP contribution in [0.15, 0.2) is 138 Å². The molecule has 0 saturated heterocycles. The van der Waals surface area contributed by atoms with E-state index >= 15 is 0 Å². The third-order valence-corrected chi connectivity index (χ3v) is 7.26. The van der Waals surface area contributed by atoms with Gasteiger partial charge in [-0.1, -0.05) is 127 Å². The molecule has 0 N–H and O–H groups in total. The second-order valence-electron chi connectivity index (χ2n) is 9.38. The Morgan fingerprint density at radius 1 is 0.459 bits per heavy atom. The highest BCUT2D eigenvalue weighted by Gasteiger charge is 2.25. The number of aromatic nitrogens is 1. The Morgan fingerprint density at radius 3 is 1.68 bits per heavy atom. The van der Waals surface area contributed by atoms with Gasteiger partial charge in [0.15, 0.2) is 0 Å². The molecule has 0 amide bonds. The van der Waals surface area contributed by atoms with Gasteiger partial charge in [-0.2, -0.15) is 0 Å². The number of rotatable bonds is 4. The van der Waals surface area contributed by atoms with Crippen LogP contribution in [0.3, 0.4) is 0 Å². The molecule has 7 rings (SSSR count). The predicted molar refractivity (Wildman–Crippen MR) is 154 cm³/mol. The summed E-state index contributed by atoms with van der Waals surface area (Å²) in [7, 11) is 2.14. The summed E-state index contributed by atoms with van der Waals surface area (Å²) in [6.45, 7) is 0. The number of aryl methyl sites for hydroxylation is 1. The van der Waals surface area contributed by atoms with E-state index in [-0.39, 0.29) is 0 Å². The van der Waals surface area contributed by atoms with E-state index < -0.39 is 0 Å². The van der Waals surface area contributed by atoms with E-state index in [0.29, 0.717) is 0 Å². The van der Waals surface area contributed by atoms with Gasteiger partial charge in [0.05, 0.1) is 11.3 Å². The molecule has 0 atom stereocenters. The average molecular weight is 476 g/mol. The molecule has 0 aliphatic rings. The molecule has 5 aromatic carbocycles. The van der Waals surface area contributed by atoms with Crippen LogP contribution < -0.4 is 0 Å². The van der Waals surface area contributed by atoms with Gasteiger partial charge in [-0.25, -0.2) is 0 Å². The van der Waals surface area contributed by atoms with Crippen LogP contribution in [0.25, 0.3) is 66.7 Å². The van der Waals surface area contributed by atoms with Crippen molar-refractivity contribution in [2.75, 3.05) is 0 Å². The molecule has 0 fully saturated rings. The van der Waals surface area contributed by atoms with Crippen LogP contribution in [-0.4, -0.2) is 4.57 Å². The van der Waals surface area contributed by atoms with Crippen LogP contribution in [-0.2, 0) is 7.05 Å². The molecule has 0 radical (unpaired) electrons. The molecule has 0 bridgehead atoms. The van der Waals surface area contributed by atoms with Crippen molar-refractivity contribution in [2.24, 2.45) is 7.05 Å². The summed E-state index contributed by atoms with van der Waals surface area (Å²) in [5, 5.41) is 3.42. The number of furan rings is 1. The maximum atomic E-state index is 6.97. The molecule has 2 heteroatoms. The van der Waals surface area contributed by atoms with E-state index in [0.717, 1.165) is 44.7 Å². The second kappa shape index (κ2) is 8.69. The van der Waals surface area contributed by atoms with Gasteiger partial charge in [0.1, 0.15) is 11.5 Å². The van der Waals surface area contributed by atoms with Gasteiger partial charge in [-0.05, 0) is 22.8 Å². The molecule has 37 heavy (non-hydrogen) atoms. The first-order valence-corrected chi connectivity index (χ1v) is 12.6. The van der Waals surface area contributed by atoms with Crippen molar-refractivity contribution in [3.8, 4) is 45.0 Å². The first kappa shape index (κ1) is 21.5. The minimum atomic E-state index is 0.900. The minimum absolute atomic E-state index is 0.900. The summed E-state index contributed by atoms with van der Waals surface area (Å²) in [4.78, 5) is 0. The summed E-state index contributed by atoms with van der Waals surface area (Å²) in [6, 6.07) is 46.8. The number of fused-ring (bicyclic) bond motifs is 2. The van der Waals surface area contributed by atoms with E-state index in [1.54, 1.807) is 0 Å². The quantitative estimate of drug-likeness (QED) is 0.248. The van der Waals surface area contributed by atoms with Gasteiger partial charge in [-0.15, -0.1) is 0 Å². The van der Waals surface area contributed by atoms with Gasteiger partial charge < -0.3 is 8.98 Å². The van der Waals surface area contributed by atoms with Crippen molar-refractivity contribution < 1.29 is 4.42 Å². The van der Waals surface area contributed by atoms with Crippen molar-refractivity contribution in [1.82, 2.24) is 4.57 Å². The van der Waals surface area contributed by atoms with E-state index in [9.17, 15) is 0 Å². The monoisotopic (exact) mass is 475 g/mol. The summed E-state index contributed by atoms with van der Waals surface area (Å²) in [6.07, 6.45) is 0. The molecular weight excluding hydrogens is 450 g/mol. The zero-order chi connectivity index (χ0) is 24.8. The van der Waals surface area contributed by atoms with Crippen molar-refractivity contribution in [3.63, 3.8) is 0 Å². The third kappa shape index (κ3) is 3.41. The van der Waals surface area contributed by atoms with E-state index in [4.69, 9.17) is 4.42 Å². The maximum absolute atomic E-state index is 6.97. The van der Waals surface area contributed by atoms with Crippen LogP contribution >= 0.6 is 0 Å². The third-order valence-electron chi connectivity index (χ3n) is 7.26. The lowest BCUT2D eigenvalue weighted by Gasteiger charge is -2.09. The van der Waals surface area contributed by atoms with E-state index in [1.807, 2.05) is 0 Å². The SMILES string of the molecule is Cn1c(-c2ccccc2)c(-c2oc(-c3ccccc3-c3ccccc3)c3ccccc23)c2ccccc21. The first-order valence-electron chi connectivity index (χ1n) is 12.6. The molecule has 0 unspecified atom stereocenters. The molecule has 0 aliphatic heterocycles. The van der Waals surface area contributed by atoms with Crippen LogP contribution in [0.5, 0.6) is 0 Å². The fourth-order valence-electron chi connectivity index (χ4n) is 5.58. The zero-order valence-corrected chi connectivity index (χ0v) is 20.6. The lowest BCUT2D eigenvalue weighted by Crippen LogP contribution is -1.92. The Hall–Kier alpha value is -4.82. The van der Waals surface area contributed by atoms with E-state index in [1.165, 1.54) is 22.0 Å². The largest absolute Gasteiger partial charge is 0.455 e. The standard InChI is InChI=1S/C35H25NO/c1-36-31-23-13-12-22-30(31)32(33(36)25-16-6-3-7-17-25)35-29-21-11-10-20-28(29)34(37-35)27-19-9-8-18-26(27)24-14-4-2-5-15-24/h2-23H,1H3. The Kier molecular flexibility index (Phi) is 5.04. The van der Waals surface area contributed by atoms with Crippen LogP contribution in [0, 0.1) is 0 Å². The van der Waals surface area contributed by atoms with Crippen molar-refractivity contribution in [3.05, 3.63) is 133 Å². The van der Waals surface area contributed by atoms with Gasteiger partial charge in [-0.3, -0.25) is 0 Å². The number of hydrogen-bond donors (Lipinski definition) is 0. The molecule has 2 heterocycles. The highest BCUT2D eigenvalue weighted by molar-refractivity contribution is 6.12.